The van der Waals surface area contributed by atoms with Gasteiger partial charge < -0.3 is 4.74 Å². The van der Waals surface area contributed by atoms with Gasteiger partial charge in [0.15, 0.2) is 0 Å². The molecule has 0 aliphatic carbocycles. The van der Waals surface area contributed by atoms with Crippen LogP contribution in [0.1, 0.15) is 0 Å². The van der Waals surface area contributed by atoms with Crippen molar-refractivity contribution >= 4 is 37.3 Å². The lowest BCUT2D eigenvalue weighted by atomic mass is 10.3. The van der Waals surface area contributed by atoms with Gasteiger partial charge in [0.1, 0.15) is 5.75 Å². The molecule has 132 valence electrons. The third-order valence-corrected chi connectivity index (χ3v) is 5.74. The summed E-state index contributed by atoms with van der Waals surface area (Å²) in [6.07, 6.45) is 1.41. The van der Waals surface area contributed by atoms with Crippen LogP contribution in [0.4, 0.5) is 11.4 Å². The molecule has 2 rings (SSSR count). The van der Waals surface area contributed by atoms with E-state index in [0.717, 1.165) is 4.31 Å². The summed E-state index contributed by atoms with van der Waals surface area (Å²) < 4.78 is 32.6. The first-order valence-corrected chi connectivity index (χ1v) is 9.26. The van der Waals surface area contributed by atoms with Crippen molar-refractivity contribution in [2.75, 3.05) is 18.0 Å². The number of methoxy groups -OCH3 is 1. The van der Waals surface area contributed by atoms with E-state index in [2.05, 4.69) is 22.5 Å². The van der Waals surface area contributed by atoms with Gasteiger partial charge in [0.05, 0.1) is 33.6 Å². The first-order chi connectivity index (χ1) is 11.8. The van der Waals surface area contributed by atoms with Crippen molar-refractivity contribution in [1.29, 1.82) is 0 Å². The SMILES string of the molecule is C=CCN(c1cccc([N+](=O)[O-])c1)S(=O)(=O)c1ccc(OC)c(Br)c1. The minimum absolute atomic E-state index is 0.0218. The molecular weight excluding hydrogens is 412 g/mol. The summed E-state index contributed by atoms with van der Waals surface area (Å²) in [7, 11) is -2.48. The molecule has 7 nitrogen and oxygen atoms in total. The van der Waals surface area contributed by atoms with Gasteiger partial charge in [0.25, 0.3) is 15.7 Å². The number of non-ortho nitro benzene ring substituents is 1. The number of ether oxygens (including phenoxy) is 1. The Balaban J connectivity index is 2.55. The Kier molecular flexibility index (Phi) is 5.81. The third kappa shape index (κ3) is 3.99. The molecule has 0 heterocycles. The molecule has 0 atom stereocenters. The van der Waals surface area contributed by atoms with Gasteiger partial charge >= 0.3 is 0 Å². The fourth-order valence-electron chi connectivity index (χ4n) is 2.16. The van der Waals surface area contributed by atoms with Crippen molar-refractivity contribution in [1.82, 2.24) is 0 Å². The van der Waals surface area contributed by atoms with Crippen molar-refractivity contribution in [2.45, 2.75) is 4.90 Å². The van der Waals surface area contributed by atoms with Crippen molar-refractivity contribution in [2.24, 2.45) is 0 Å². The lowest BCUT2D eigenvalue weighted by molar-refractivity contribution is -0.384. The van der Waals surface area contributed by atoms with E-state index in [1.807, 2.05) is 0 Å². The number of halogens is 1. The summed E-state index contributed by atoms with van der Waals surface area (Å²) in [6, 6.07) is 9.78. The molecule has 0 aliphatic heterocycles. The van der Waals surface area contributed by atoms with E-state index in [4.69, 9.17) is 4.74 Å². The van der Waals surface area contributed by atoms with Gasteiger partial charge in [-0.15, -0.1) is 6.58 Å². The molecule has 9 heteroatoms. The Labute approximate surface area is 153 Å². The standard InChI is InChI=1S/C16H15BrN2O5S/c1-3-9-18(12-5-4-6-13(10-12)19(20)21)25(22,23)14-7-8-16(24-2)15(17)11-14/h3-8,10-11H,1,9H2,2H3. The summed E-state index contributed by atoms with van der Waals surface area (Å²) in [5.74, 6) is 0.490. The molecule has 0 saturated carbocycles. The molecule has 0 N–H and O–H groups in total. The number of anilines is 1. The molecule has 0 fully saturated rings. The molecule has 0 spiro atoms. The van der Waals surface area contributed by atoms with Gasteiger partial charge in [0.2, 0.25) is 0 Å². The van der Waals surface area contributed by atoms with Gasteiger partial charge in [-0.1, -0.05) is 12.1 Å². The second-order valence-corrected chi connectivity index (χ2v) is 7.61. The quantitative estimate of drug-likeness (QED) is 0.382. The molecule has 0 aromatic heterocycles. The number of nitro groups is 1. The summed E-state index contributed by atoms with van der Waals surface area (Å²) in [5, 5.41) is 11.0. The van der Waals surface area contributed by atoms with Gasteiger partial charge in [-0.05, 0) is 40.2 Å². The lowest BCUT2D eigenvalue weighted by Gasteiger charge is -2.23. The first kappa shape index (κ1) is 18.9. The fraction of sp³-hybridized carbons (Fsp3) is 0.125. The van der Waals surface area contributed by atoms with Crippen LogP contribution in [0.3, 0.4) is 0 Å². The number of hydrogen-bond acceptors (Lipinski definition) is 5. The van der Waals surface area contributed by atoms with E-state index in [9.17, 15) is 18.5 Å². The number of rotatable bonds is 7. The molecule has 0 saturated heterocycles. The topological polar surface area (TPSA) is 89.8 Å². The minimum Gasteiger partial charge on any atom is -0.496 e. The smallest absolute Gasteiger partial charge is 0.271 e. The highest BCUT2D eigenvalue weighted by atomic mass is 79.9. The summed E-state index contributed by atoms with van der Waals surface area (Å²) in [6.45, 7) is 3.53. The van der Waals surface area contributed by atoms with Crippen LogP contribution in [0.2, 0.25) is 0 Å². The van der Waals surface area contributed by atoms with Gasteiger partial charge in [-0.3, -0.25) is 14.4 Å². The molecule has 0 unspecified atom stereocenters. The molecule has 0 bridgehead atoms. The highest BCUT2D eigenvalue weighted by Gasteiger charge is 2.26. The Morgan fingerprint density at radius 1 is 1.32 bits per heavy atom. The molecular formula is C16H15BrN2O5S. The van der Waals surface area contributed by atoms with E-state index in [1.165, 1.54) is 55.7 Å². The average Bonchev–Trinajstić information content (AvgIpc) is 2.59. The number of benzene rings is 2. The van der Waals surface area contributed by atoms with Crippen LogP contribution in [0.5, 0.6) is 5.75 Å². The number of nitro benzene ring substituents is 1. The van der Waals surface area contributed by atoms with Crippen molar-refractivity contribution in [3.8, 4) is 5.75 Å². The Bertz CT molecular complexity index is 914. The predicted molar refractivity (Wildman–Crippen MR) is 98.5 cm³/mol. The molecule has 25 heavy (non-hydrogen) atoms. The van der Waals surface area contributed by atoms with Crippen LogP contribution < -0.4 is 9.04 Å². The van der Waals surface area contributed by atoms with E-state index in [0.29, 0.717) is 10.2 Å². The zero-order chi connectivity index (χ0) is 18.6. The van der Waals surface area contributed by atoms with Crippen LogP contribution in [0, 0.1) is 10.1 Å². The second-order valence-electron chi connectivity index (χ2n) is 4.90. The number of sulfonamides is 1. The third-order valence-electron chi connectivity index (χ3n) is 3.33. The van der Waals surface area contributed by atoms with Gasteiger partial charge in [-0.2, -0.15) is 0 Å². The second kappa shape index (κ2) is 7.66. The van der Waals surface area contributed by atoms with Gasteiger partial charge in [-0.25, -0.2) is 8.42 Å². The molecule has 2 aromatic rings. The van der Waals surface area contributed by atoms with Crippen molar-refractivity contribution < 1.29 is 18.1 Å². The van der Waals surface area contributed by atoms with Crippen LogP contribution in [0.25, 0.3) is 0 Å². The highest BCUT2D eigenvalue weighted by Crippen LogP contribution is 2.31. The minimum atomic E-state index is -3.95. The number of nitrogens with zero attached hydrogens (tertiary/aromatic N) is 2. The normalized spacial score (nSPS) is 11.0. The first-order valence-electron chi connectivity index (χ1n) is 7.03. The van der Waals surface area contributed by atoms with E-state index in [1.54, 1.807) is 0 Å². The molecule has 0 amide bonds. The van der Waals surface area contributed by atoms with Crippen LogP contribution in [-0.4, -0.2) is 27.0 Å². The van der Waals surface area contributed by atoms with E-state index >= 15 is 0 Å². The van der Waals surface area contributed by atoms with Crippen LogP contribution >= 0.6 is 15.9 Å². The maximum absolute atomic E-state index is 13.0. The van der Waals surface area contributed by atoms with Crippen LogP contribution in [-0.2, 0) is 10.0 Å². The Hall–Kier alpha value is -2.39. The highest BCUT2D eigenvalue weighted by molar-refractivity contribution is 9.10. The van der Waals surface area contributed by atoms with E-state index in [-0.39, 0.29) is 22.8 Å². The maximum atomic E-state index is 13.0. The fourth-order valence-corrected chi connectivity index (χ4v) is 4.30. The summed E-state index contributed by atoms with van der Waals surface area (Å²) in [4.78, 5) is 10.4. The maximum Gasteiger partial charge on any atom is 0.271 e. The zero-order valence-corrected chi connectivity index (χ0v) is 15.7. The van der Waals surface area contributed by atoms with Crippen LogP contribution in [0.15, 0.2) is 64.5 Å². The van der Waals surface area contributed by atoms with Gasteiger partial charge in [0, 0.05) is 12.1 Å². The molecule has 2 aromatic carbocycles. The van der Waals surface area contributed by atoms with E-state index < -0.39 is 14.9 Å². The Morgan fingerprint density at radius 3 is 2.60 bits per heavy atom. The van der Waals surface area contributed by atoms with Crippen molar-refractivity contribution in [3.05, 3.63) is 69.7 Å². The zero-order valence-electron chi connectivity index (χ0n) is 13.3. The average molecular weight is 427 g/mol. The largest absolute Gasteiger partial charge is 0.496 e. The predicted octanol–water partition coefficient (Wildman–Crippen LogP) is 3.75. The lowest BCUT2D eigenvalue weighted by Crippen LogP contribution is -2.31. The number of hydrogen-bond donors (Lipinski definition) is 0. The molecule has 0 radical (unpaired) electrons. The Morgan fingerprint density at radius 2 is 2.04 bits per heavy atom. The molecule has 0 aliphatic rings. The van der Waals surface area contributed by atoms with Crippen molar-refractivity contribution in [3.63, 3.8) is 0 Å². The summed E-state index contributed by atoms with van der Waals surface area (Å²) in [5.41, 5.74) is -0.0151. The summed E-state index contributed by atoms with van der Waals surface area (Å²) >= 11 is 3.26. The monoisotopic (exact) mass is 426 g/mol.